The number of benzene rings is 2. The number of carbonyl (C=O) groups excluding carboxylic acids is 1. The predicted molar refractivity (Wildman–Crippen MR) is 125 cm³/mol. The van der Waals surface area contributed by atoms with Gasteiger partial charge in [-0.05, 0) is 42.3 Å². The molecule has 2 aromatic carbocycles. The Morgan fingerprint density at radius 2 is 1.85 bits per heavy atom. The van der Waals surface area contributed by atoms with E-state index >= 15 is 0 Å². The number of nitrogens with zero attached hydrogens (tertiary/aromatic N) is 1. The van der Waals surface area contributed by atoms with Crippen LogP contribution in [0.4, 0.5) is 0 Å². The average molecular weight is 524 g/mol. The van der Waals surface area contributed by atoms with E-state index in [0.29, 0.717) is 28.3 Å². The minimum absolute atomic E-state index is 0. The van der Waals surface area contributed by atoms with Gasteiger partial charge in [-0.1, -0.05) is 29.9 Å². The van der Waals surface area contributed by atoms with E-state index < -0.39 is 15.1 Å². The molecule has 0 aliphatic heterocycles. The molecule has 0 aliphatic carbocycles. The van der Waals surface area contributed by atoms with Crippen molar-refractivity contribution in [3.05, 3.63) is 57.3 Å². The van der Waals surface area contributed by atoms with E-state index in [0.717, 1.165) is 0 Å². The van der Waals surface area contributed by atoms with Crippen LogP contribution in [0.3, 0.4) is 0 Å². The maximum absolute atomic E-state index is 12.6. The van der Waals surface area contributed by atoms with Crippen molar-refractivity contribution in [1.29, 1.82) is 0 Å². The first-order chi connectivity index (χ1) is 15.2. The molecule has 0 unspecified atom stereocenters. The number of halogens is 1. The molecular formula is C20H23ClN3NaO6S2. The maximum Gasteiger partial charge on any atom is 1.00 e. The van der Waals surface area contributed by atoms with E-state index in [1.54, 1.807) is 18.2 Å². The van der Waals surface area contributed by atoms with Crippen molar-refractivity contribution < 1.29 is 57.0 Å². The van der Waals surface area contributed by atoms with Crippen LogP contribution in [0.5, 0.6) is 11.5 Å². The van der Waals surface area contributed by atoms with E-state index in [9.17, 15) is 13.2 Å². The number of ether oxygens (including phenoxy) is 3. The normalized spacial score (nSPS) is 10.6. The molecule has 174 valence electrons. The minimum atomic E-state index is -4.17. The largest absolute Gasteiger partial charge is 1.00 e. The van der Waals surface area contributed by atoms with Crippen LogP contribution in [-0.2, 0) is 21.2 Å². The van der Waals surface area contributed by atoms with Crippen LogP contribution in [0.15, 0.2) is 41.3 Å². The van der Waals surface area contributed by atoms with Crippen LogP contribution in [0, 0.1) is 0 Å². The van der Waals surface area contributed by atoms with Crippen LogP contribution in [0.25, 0.3) is 4.72 Å². The van der Waals surface area contributed by atoms with Crippen molar-refractivity contribution in [3.8, 4) is 11.5 Å². The van der Waals surface area contributed by atoms with Gasteiger partial charge in [-0.2, -0.15) is 0 Å². The molecule has 3 N–H and O–H groups in total. The minimum Gasteiger partial charge on any atom is -0.496 e. The summed E-state index contributed by atoms with van der Waals surface area (Å²) in [5.41, 5.74) is 6.20. The molecule has 1 amide bonds. The van der Waals surface area contributed by atoms with Gasteiger partial charge in [0.1, 0.15) is 23.0 Å². The summed E-state index contributed by atoms with van der Waals surface area (Å²) in [7, 11) is -1.22. The summed E-state index contributed by atoms with van der Waals surface area (Å²) in [5.74, 6) is 0.107. The summed E-state index contributed by atoms with van der Waals surface area (Å²) in [6.07, 6.45) is 0.336. The molecular weight excluding hydrogens is 501 g/mol. The van der Waals surface area contributed by atoms with Crippen molar-refractivity contribution in [2.24, 2.45) is 5.73 Å². The molecule has 0 saturated carbocycles. The zero-order valence-corrected chi connectivity index (χ0v) is 22.8. The Balaban J connectivity index is 0.00000544. The van der Waals surface area contributed by atoms with E-state index in [1.165, 1.54) is 32.4 Å². The number of sulfonamides is 1. The summed E-state index contributed by atoms with van der Waals surface area (Å²) in [6.45, 7) is 0.639. The molecule has 0 aliphatic rings. The fraction of sp³-hybridized carbons (Fsp3) is 0.300. The molecule has 2 aromatic rings. The number of methoxy groups -OCH3 is 2. The average Bonchev–Trinajstić information content (AvgIpc) is 2.73. The second-order valence-electron chi connectivity index (χ2n) is 6.38. The molecule has 13 heteroatoms. The number of hydrogen-bond acceptors (Lipinski definition) is 7. The molecule has 0 fully saturated rings. The Hall–Kier alpha value is -1.60. The smallest absolute Gasteiger partial charge is 0.496 e. The molecule has 0 radical (unpaired) electrons. The Bertz CT molecular complexity index is 1090. The monoisotopic (exact) mass is 523 g/mol. The zero-order valence-electron chi connectivity index (χ0n) is 18.5. The van der Waals surface area contributed by atoms with Crippen LogP contribution in [-0.4, -0.2) is 53.4 Å². The van der Waals surface area contributed by atoms with Crippen molar-refractivity contribution in [1.82, 2.24) is 5.32 Å². The van der Waals surface area contributed by atoms with Gasteiger partial charge in [0, 0.05) is 23.8 Å². The fourth-order valence-electron chi connectivity index (χ4n) is 2.70. The third kappa shape index (κ3) is 8.93. The van der Waals surface area contributed by atoms with Crippen LogP contribution in [0.1, 0.15) is 15.9 Å². The molecule has 0 aromatic heterocycles. The number of carbonyl (C=O) groups is 1. The Morgan fingerprint density at radius 1 is 1.15 bits per heavy atom. The van der Waals surface area contributed by atoms with E-state index in [4.69, 9.17) is 31.5 Å². The summed E-state index contributed by atoms with van der Waals surface area (Å²) < 4.78 is 44.1. The number of rotatable bonds is 11. The number of thiocarbonyl (C=S) groups is 1. The van der Waals surface area contributed by atoms with Gasteiger partial charge < -0.3 is 30.0 Å². The zero-order chi connectivity index (χ0) is 23.7. The molecule has 0 heterocycles. The summed E-state index contributed by atoms with van der Waals surface area (Å²) in [4.78, 5) is 12.3. The quantitative estimate of drug-likeness (QED) is 0.232. The summed E-state index contributed by atoms with van der Waals surface area (Å²) >= 11 is 10.6. The first-order valence-electron chi connectivity index (χ1n) is 9.31. The second-order valence-corrected chi connectivity index (χ2v) is 8.80. The van der Waals surface area contributed by atoms with E-state index in [1.807, 2.05) is 0 Å². The third-order valence-corrected chi connectivity index (χ3v) is 5.90. The van der Waals surface area contributed by atoms with Crippen molar-refractivity contribution in [2.45, 2.75) is 11.3 Å². The van der Waals surface area contributed by atoms with Crippen molar-refractivity contribution >= 4 is 44.9 Å². The van der Waals surface area contributed by atoms with Crippen molar-refractivity contribution in [2.75, 3.05) is 34.0 Å². The van der Waals surface area contributed by atoms with Crippen LogP contribution >= 0.6 is 23.8 Å². The standard InChI is InChI=1S/C20H24ClN3O6S2.Na/c1-28-9-10-30-17-5-3-13(11-18(17)32(26,27)24-20(22)31)7-8-23-19(25)15-12-14(21)4-6-16(15)29-2;/h3-6,11-12H,7-10H2,1-2H3,(H4,22,23,24,25,31);/q;+1/p-1. The Morgan fingerprint density at radius 3 is 2.48 bits per heavy atom. The number of amides is 1. The number of nitrogens with one attached hydrogen (secondary N) is 1. The van der Waals surface area contributed by atoms with Crippen LogP contribution in [0.2, 0.25) is 5.02 Å². The van der Waals surface area contributed by atoms with Gasteiger partial charge in [0.15, 0.2) is 0 Å². The Kier molecular flexibility index (Phi) is 12.4. The summed E-state index contributed by atoms with van der Waals surface area (Å²) in [5, 5.41) is 2.64. The fourth-order valence-corrected chi connectivity index (χ4v) is 4.19. The van der Waals surface area contributed by atoms with Crippen molar-refractivity contribution in [3.63, 3.8) is 0 Å². The SMILES string of the molecule is COCCOc1ccc(CCNC(=O)c2cc(Cl)ccc2OC)cc1S(=O)(=O)[N-]C(N)=S.[Na+]. The second kappa shape index (κ2) is 14.0. The molecule has 0 bridgehead atoms. The summed E-state index contributed by atoms with van der Waals surface area (Å²) in [6, 6.07) is 9.33. The van der Waals surface area contributed by atoms with Gasteiger partial charge in [-0.25, -0.2) is 8.42 Å². The maximum atomic E-state index is 12.6. The number of nitrogens with two attached hydrogens (primary N) is 1. The Labute approximate surface area is 225 Å². The third-order valence-electron chi connectivity index (χ3n) is 4.15. The van der Waals surface area contributed by atoms with Gasteiger partial charge >= 0.3 is 29.6 Å². The van der Waals surface area contributed by atoms with Gasteiger partial charge in [-0.3, -0.25) is 4.79 Å². The van der Waals surface area contributed by atoms with Gasteiger partial charge in [0.05, 0.1) is 19.3 Å². The first-order valence-corrected chi connectivity index (χ1v) is 11.5. The molecule has 2 rings (SSSR count). The molecule has 0 atom stereocenters. The molecule has 9 nitrogen and oxygen atoms in total. The molecule has 0 spiro atoms. The molecule has 33 heavy (non-hydrogen) atoms. The van der Waals surface area contributed by atoms with Gasteiger partial charge in [0.2, 0.25) is 10.0 Å². The predicted octanol–water partition coefficient (Wildman–Crippen LogP) is -0.344. The van der Waals surface area contributed by atoms with Gasteiger partial charge in [-0.15, -0.1) is 0 Å². The first kappa shape index (κ1) is 29.4. The molecule has 0 saturated heterocycles. The topological polar surface area (TPSA) is 131 Å². The van der Waals surface area contributed by atoms with E-state index in [-0.39, 0.29) is 65.9 Å². The van der Waals surface area contributed by atoms with E-state index in [2.05, 4.69) is 22.3 Å². The number of hydrogen-bond donors (Lipinski definition) is 2. The van der Waals surface area contributed by atoms with Crippen LogP contribution < -0.4 is 50.1 Å². The van der Waals surface area contributed by atoms with Gasteiger partial charge in [0.25, 0.3) is 5.91 Å².